The van der Waals surface area contributed by atoms with Gasteiger partial charge in [-0.3, -0.25) is 9.59 Å². The lowest BCUT2D eigenvalue weighted by Gasteiger charge is -2.34. The first kappa shape index (κ1) is 18.8. The molecule has 7 heteroatoms. The second kappa shape index (κ2) is 8.16. The summed E-state index contributed by atoms with van der Waals surface area (Å²) < 4.78 is 0. The second-order valence-electron chi connectivity index (χ2n) is 6.66. The quantitative estimate of drug-likeness (QED) is 0.828. The van der Waals surface area contributed by atoms with Crippen molar-refractivity contribution < 1.29 is 9.59 Å². The Morgan fingerprint density at radius 1 is 1.07 bits per heavy atom. The largest absolute Gasteiger partial charge is 0.352 e. The van der Waals surface area contributed by atoms with E-state index in [-0.39, 0.29) is 11.8 Å². The predicted molar refractivity (Wildman–Crippen MR) is 105 cm³/mol. The summed E-state index contributed by atoms with van der Waals surface area (Å²) in [7, 11) is 0. The van der Waals surface area contributed by atoms with Crippen LogP contribution >= 0.6 is 0 Å². The van der Waals surface area contributed by atoms with Crippen molar-refractivity contribution in [1.82, 2.24) is 15.1 Å². The van der Waals surface area contributed by atoms with Crippen LogP contribution in [-0.2, 0) is 4.79 Å². The van der Waals surface area contributed by atoms with Crippen molar-refractivity contribution in [3.8, 4) is 0 Å². The molecule has 0 unspecified atom stereocenters. The van der Waals surface area contributed by atoms with Crippen molar-refractivity contribution in [1.29, 1.82) is 0 Å². The fraction of sp³-hybridized carbons (Fsp3) is 0.400. The van der Waals surface area contributed by atoms with Gasteiger partial charge in [0.1, 0.15) is 0 Å². The lowest BCUT2D eigenvalue weighted by molar-refractivity contribution is -0.129. The number of amides is 2. The molecule has 0 bridgehead atoms. The number of hydrogen-bond acceptors (Lipinski definition) is 5. The van der Waals surface area contributed by atoms with Crippen LogP contribution in [0.2, 0.25) is 0 Å². The highest BCUT2D eigenvalue weighted by Gasteiger charge is 2.22. The van der Waals surface area contributed by atoms with Crippen LogP contribution in [0.5, 0.6) is 0 Å². The first-order chi connectivity index (χ1) is 13.0. The van der Waals surface area contributed by atoms with E-state index in [1.165, 1.54) is 0 Å². The molecule has 142 valence electrons. The number of anilines is 2. The van der Waals surface area contributed by atoms with Crippen LogP contribution in [0.4, 0.5) is 11.5 Å². The minimum atomic E-state index is -0.163. The third-order valence-corrected chi connectivity index (χ3v) is 4.79. The van der Waals surface area contributed by atoms with Crippen molar-refractivity contribution in [3.05, 3.63) is 47.7 Å². The summed E-state index contributed by atoms with van der Waals surface area (Å²) in [6.07, 6.45) is 0. The Kier molecular flexibility index (Phi) is 5.69. The summed E-state index contributed by atoms with van der Waals surface area (Å²) in [6, 6.07) is 11.4. The van der Waals surface area contributed by atoms with Gasteiger partial charge in [-0.2, -0.15) is 0 Å². The van der Waals surface area contributed by atoms with Gasteiger partial charge in [0.25, 0.3) is 5.91 Å². The molecular weight excluding hydrogens is 342 g/mol. The zero-order chi connectivity index (χ0) is 19.4. The number of benzene rings is 1. The smallest absolute Gasteiger partial charge is 0.278 e. The van der Waals surface area contributed by atoms with E-state index in [0.717, 1.165) is 17.1 Å². The molecule has 0 saturated carbocycles. The van der Waals surface area contributed by atoms with E-state index in [2.05, 4.69) is 15.1 Å². The molecule has 2 amide bonds. The molecule has 27 heavy (non-hydrogen) atoms. The highest BCUT2D eigenvalue weighted by Crippen LogP contribution is 2.19. The minimum absolute atomic E-state index is 0.0949. The maximum absolute atomic E-state index is 12.9. The highest BCUT2D eigenvalue weighted by atomic mass is 16.2. The van der Waals surface area contributed by atoms with Crippen LogP contribution in [0, 0.1) is 6.92 Å². The lowest BCUT2D eigenvalue weighted by Crippen LogP contribution is -2.48. The number of hydrogen-bond donors (Lipinski definition) is 0. The van der Waals surface area contributed by atoms with E-state index in [9.17, 15) is 9.59 Å². The van der Waals surface area contributed by atoms with Crippen LogP contribution in [-0.4, -0.2) is 59.6 Å². The molecule has 7 nitrogen and oxygen atoms in total. The molecule has 0 aliphatic carbocycles. The van der Waals surface area contributed by atoms with Crippen molar-refractivity contribution in [3.63, 3.8) is 0 Å². The fourth-order valence-corrected chi connectivity index (χ4v) is 3.24. The fourth-order valence-electron chi connectivity index (χ4n) is 3.24. The third-order valence-electron chi connectivity index (χ3n) is 4.79. The average molecular weight is 367 g/mol. The summed E-state index contributed by atoms with van der Waals surface area (Å²) in [5.41, 5.74) is 2.28. The molecule has 0 N–H and O–H groups in total. The van der Waals surface area contributed by atoms with Crippen molar-refractivity contribution in [2.75, 3.05) is 42.5 Å². The Morgan fingerprint density at radius 2 is 1.81 bits per heavy atom. The first-order valence-electron chi connectivity index (χ1n) is 9.22. The van der Waals surface area contributed by atoms with Gasteiger partial charge in [0.05, 0.1) is 0 Å². The number of aryl methyl sites for hydroxylation is 1. The van der Waals surface area contributed by atoms with E-state index in [1.807, 2.05) is 49.1 Å². The molecule has 1 aliphatic heterocycles. The second-order valence-corrected chi connectivity index (χ2v) is 6.66. The maximum atomic E-state index is 12.9. The normalized spacial score (nSPS) is 14.2. The van der Waals surface area contributed by atoms with Gasteiger partial charge >= 0.3 is 0 Å². The average Bonchev–Trinajstić information content (AvgIpc) is 2.69. The number of nitrogens with zero attached hydrogens (tertiary/aromatic N) is 5. The zero-order valence-corrected chi connectivity index (χ0v) is 16.1. The SMILES string of the molecule is CCN(C(=O)c1ccc(N2CCN(C(C)=O)CC2)nn1)c1cccc(C)c1. The van der Waals surface area contributed by atoms with Gasteiger partial charge in [-0.15, -0.1) is 10.2 Å². The summed E-state index contributed by atoms with van der Waals surface area (Å²) in [5, 5.41) is 8.41. The molecule has 1 fully saturated rings. The lowest BCUT2D eigenvalue weighted by atomic mass is 10.2. The van der Waals surface area contributed by atoms with E-state index in [4.69, 9.17) is 0 Å². The Hall–Kier alpha value is -2.96. The summed E-state index contributed by atoms with van der Waals surface area (Å²) in [5.74, 6) is 0.661. The Bertz CT molecular complexity index is 813. The van der Waals surface area contributed by atoms with Gasteiger partial charge in [0.15, 0.2) is 11.5 Å². The number of piperazine rings is 1. The number of rotatable bonds is 4. The maximum Gasteiger partial charge on any atom is 0.278 e. The van der Waals surface area contributed by atoms with Gasteiger partial charge in [-0.05, 0) is 43.7 Å². The monoisotopic (exact) mass is 367 g/mol. The van der Waals surface area contributed by atoms with Crippen LogP contribution in [0.25, 0.3) is 0 Å². The van der Waals surface area contributed by atoms with Crippen LogP contribution in [0.15, 0.2) is 36.4 Å². The Labute approximate surface area is 159 Å². The molecule has 1 aromatic carbocycles. The number of carbonyl (C=O) groups excluding carboxylic acids is 2. The standard InChI is InChI=1S/C20H25N5O2/c1-4-25(17-7-5-6-15(2)14-17)20(27)18-8-9-19(22-21-18)24-12-10-23(11-13-24)16(3)26/h5-9,14H,4,10-13H2,1-3H3. The van der Waals surface area contributed by atoms with Crippen LogP contribution in [0.1, 0.15) is 29.9 Å². The molecule has 2 aromatic rings. The van der Waals surface area contributed by atoms with E-state index in [1.54, 1.807) is 17.9 Å². The molecule has 3 rings (SSSR count). The van der Waals surface area contributed by atoms with Gasteiger partial charge in [0.2, 0.25) is 5.91 Å². The van der Waals surface area contributed by atoms with Gasteiger partial charge in [0, 0.05) is 45.3 Å². The molecule has 1 aromatic heterocycles. The number of carbonyl (C=O) groups is 2. The van der Waals surface area contributed by atoms with E-state index < -0.39 is 0 Å². The van der Waals surface area contributed by atoms with Crippen LogP contribution < -0.4 is 9.80 Å². The van der Waals surface area contributed by atoms with Crippen molar-refractivity contribution >= 4 is 23.3 Å². The molecule has 1 saturated heterocycles. The van der Waals surface area contributed by atoms with Crippen LogP contribution in [0.3, 0.4) is 0 Å². The summed E-state index contributed by atoms with van der Waals surface area (Å²) in [6.45, 7) is 8.86. The summed E-state index contributed by atoms with van der Waals surface area (Å²) in [4.78, 5) is 29.9. The molecule has 0 spiro atoms. The third kappa shape index (κ3) is 4.24. The highest BCUT2D eigenvalue weighted by molar-refractivity contribution is 6.04. The van der Waals surface area contributed by atoms with E-state index in [0.29, 0.717) is 38.4 Å². The first-order valence-corrected chi connectivity index (χ1v) is 9.22. The molecule has 0 atom stereocenters. The topological polar surface area (TPSA) is 69.6 Å². The number of aromatic nitrogens is 2. The zero-order valence-electron chi connectivity index (χ0n) is 16.1. The molecule has 2 heterocycles. The molecule has 0 radical (unpaired) electrons. The van der Waals surface area contributed by atoms with Gasteiger partial charge in [-0.25, -0.2) is 0 Å². The van der Waals surface area contributed by atoms with Crippen molar-refractivity contribution in [2.24, 2.45) is 0 Å². The molecule has 1 aliphatic rings. The minimum Gasteiger partial charge on any atom is -0.352 e. The molecular formula is C20H25N5O2. The predicted octanol–water partition coefficient (Wildman–Crippen LogP) is 2.12. The van der Waals surface area contributed by atoms with Gasteiger partial charge < -0.3 is 14.7 Å². The van der Waals surface area contributed by atoms with Gasteiger partial charge in [-0.1, -0.05) is 12.1 Å². The Morgan fingerprint density at radius 3 is 2.37 bits per heavy atom. The van der Waals surface area contributed by atoms with Crippen molar-refractivity contribution in [2.45, 2.75) is 20.8 Å². The van der Waals surface area contributed by atoms with E-state index >= 15 is 0 Å². The Balaban J connectivity index is 1.71. The summed E-state index contributed by atoms with van der Waals surface area (Å²) >= 11 is 0.